The maximum Gasteiger partial charge on any atom is 0.359 e. The molecule has 1 unspecified atom stereocenters. The van der Waals surface area contributed by atoms with Crippen molar-refractivity contribution in [3.8, 4) is 5.82 Å². The van der Waals surface area contributed by atoms with E-state index in [2.05, 4.69) is 15.1 Å². The van der Waals surface area contributed by atoms with E-state index in [0.29, 0.717) is 24.0 Å². The first-order valence-corrected chi connectivity index (χ1v) is 7.35. The Morgan fingerprint density at radius 3 is 3.14 bits per heavy atom. The van der Waals surface area contributed by atoms with Gasteiger partial charge >= 0.3 is 5.97 Å². The molecule has 1 fully saturated rings. The quantitative estimate of drug-likeness (QED) is 0.805. The smallest absolute Gasteiger partial charge is 0.359 e. The zero-order chi connectivity index (χ0) is 14.4. The van der Waals surface area contributed by atoms with Crippen molar-refractivity contribution in [3.63, 3.8) is 0 Å². The molecular weight excluding hydrogens is 268 g/mol. The maximum absolute atomic E-state index is 12.1. The number of rotatable bonds is 3. The number of nitrogens with zero attached hydrogens (tertiary/aromatic N) is 4. The van der Waals surface area contributed by atoms with Crippen molar-refractivity contribution < 1.29 is 9.53 Å². The Labute approximate surface area is 122 Å². The molecule has 0 aliphatic heterocycles. The van der Waals surface area contributed by atoms with Crippen LogP contribution in [0.5, 0.6) is 0 Å². The average molecular weight is 284 g/mol. The number of aromatic nitrogens is 4. The van der Waals surface area contributed by atoms with Crippen molar-refractivity contribution >= 4 is 5.97 Å². The molecule has 2 heterocycles. The molecule has 0 bridgehead atoms. The second kappa shape index (κ2) is 4.65. The number of esters is 1. The van der Waals surface area contributed by atoms with Crippen molar-refractivity contribution in [1.82, 2.24) is 19.7 Å². The summed E-state index contributed by atoms with van der Waals surface area (Å²) < 4.78 is 6.93. The number of carbonyl (C=O) groups is 1. The van der Waals surface area contributed by atoms with Gasteiger partial charge in [-0.25, -0.2) is 14.5 Å². The summed E-state index contributed by atoms with van der Waals surface area (Å²) in [4.78, 5) is 20.6. The zero-order valence-electron chi connectivity index (χ0n) is 11.8. The standard InChI is InChI=1S/C15H16N4O2/c1-2-21-15(20)13-10-4-3-9-7-11(9)14(10)19(18-13)12-8-16-5-6-17-12/h5-6,8-9,11H,2-4,7H2,1H3/t9?,11-/m0/s1. The minimum absolute atomic E-state index is 0.338. The van der Waals surface area contributed by atoms with E-state index in [-0.39, 0.29) is 5.97 Å². The molecule has 2 aliphatic carbocycles. The lowest BCUT2D eigenvalue weighted by atomic mass is 9.95. The lowest BCUT2D eigenvalue weighted by molar-refractivity contribution is 0.0517. The van der Waals surface area contributed by atoms with Crippen LogP contribution < -0.4 is 0 Å². The van der Waals surface area contributed by atoms with E-state index in [4.69, 9.17) is 4.74 Å². The SMILES string of the molecule is CCOC(=O)c1nn(-c2cnccn2)c2c1CCC1C[C@H]21. The van der Waals surface area contributed by atoms with Gasteiger partial charge < -0.3 is 4.74 Å². The average Bonchev–Trinajstić information content (AvgIpc) is 3.20. The summed E-state index contributed by atoms with van der Waals surface area (Å²) >= 11 is 0. The van der Waals surface area contributed by atoms with Gasteiger partial charge in [-0.1, -0.05) is 0 Å². The fourth-order valence-corrected chi connectivity index (χ4v) is 3.26. The Hall–Kier alpha value is -2.24. The Morgan fingerprint density at radius 1 is 1.48 bits per heavy atom. The van der Waals surface area contributed by atoms with Crippen LogP contribution >= 0.6 is 0 Å². The van der Waals surface area contributed by atoms with Gasteiger partial charge in [0.25, 0.3) is 0 Å². The van der Waals surface area contributed by atoms with Gasteiger partial charge in [-0.2, -0.15) is 5.10 Å². The molecule has 2 aromatic rings. The first kappa shape index (κ1) is 12.5. The van der Waals surface area contributed by atoms with Crippen LogP contribution in [0.15, 0.2) is 18.6 Å². The van der Waals surface area contributed by atoms with Gasteiger partial charge in [-0.15, -0.1) is 0 Å². The Morgan fingerprint density at radius 2 is 2.38 bits per heavy atom. The molecule has 0 N–H and O–H groups in total. The van der Waals surface area contributed by atoms with Crippen LogP contribution in [0.4, 0.5) is 0 Å². The molecule has 0 aromatic carbocycles. The Balaban J connectivity index is 1.86. The van der Waals surface area contributed by atoms with Crippen LogP contribution in [0.25, 0.3) is 5.82 Å². The van der Waals surface area contributed by atoms with Crippen LogP contribution in [-0.4, -0.2) is 32.3 Å². The van der Waals surface area contributed by atoms with Gasteiger partial charge in [-0.3, -0.25) is 4.98 Å². The summed E-state index contributed by atoms with van der Waals surface area (Å²) in [6, 6.07) is 0. The Kier molecular flexibility index (Phi) is 2.77. The molecule has 6 nitrogen and oxygen atoms in total. The number of hydrogen-bond acceptors (Lipinski definition) is 5. The van der Waals surface area contributed by atoms with Crippen molar-refractivity contribution in [1.29, 1.82) is 0 Å². The van der Waals surface area contributed by atoms with Gasteiger partial charge in [0.05, 0.1) is 18.5 Å². The third-order valence-corrected chi connectivity index (χ3v) is 4.30. The largest absolute Gasteiger partial charge is 0.461 e. The lowest BCUT2D eigenvalue weighted by Gasteiger charge is -2.12. The van der Waals surface area contributed by atoms with Gasteiger partial charge in [0.2, 0.25) is 0 Å². The molecule has 21 heavy (non-hydrogen) atoms. The van der Waals surface area contributed by atoms with Crippen molar-refractivity contribution in [2.24, 2.45) is 5.92 Å². The predicted octanol–water partition coefficient (Wildman–Crippen LogP) is 1.89. The summed E-state index contributed by atoms with van der Waals surface area (Å²) in [7, 11) is 0. The molecule has 2 aliphatic rings. The molecule has 2 aromatic heterocycles. The Bertz CT molecular complexity index is 695. The molecule has 0 saturated heterocycles. The number of hydrogen-bond donors (Lipinski definition) is 0. The summed E-state index contributed by atoms with van der Waals surface area (Å²) in [6.07, 6.45) is 8.16. The normalized spacial score (nSPS) is 22.3. The third kappa shape index (κ3) is 1.93. The van der Waals surface area contributed by atoms with Crippen LogP contribution in [-0.2, 0) is 11.2 Å². The zero-order valence-corrected chi connectivity index (χ0v) is 11.8. The number of ether oxygens (including phenoxy) is 1. The van der Waals surface area contributed by atoms with Gasteiger partial charge in [0.15, 0.2) is 11.5 Å². The minimum atomic E-state index is -0.338. The minimum Gasteiger partial charge on any atom is -0.461 e. The summed E-state index contributed by atoms with van der Waals surface area (Å²) in [5.74, 6) is 1.57. The number of fused-ring (bicyclic) bond motifs is 3. The van der Waals surface area contributed by atoms with E-state index in [0.717, 1.165) is 30.0 Å². The summed E-state index contributed by atoms with van der Waals surface area (Å²) in [6.45, 7) is 2.17. The molecule has 2 atom stereocenters. The van der Waals surface area contributed by atoms with Crippen LogP contribution in [0.3, 0.4) is 0 Å². The van der Waals surface area contributed by atoms with E-state index in [1.807, 2.05) is 0 Å². The lowest BCUT2D eigenvalue weighted by Crippen LogP contribution is -2.10. The molecule has 0 radical (unpaired) electrons. The van der Waals surface area contributed by atoms with Crippen molar-refractivity contribution in [3.05, 3.63) is 35.5 Å². The molecule has 4 rings (SSSR count). The molecule has 1 saturated carbocycles. The molecule has 0 amide bonds. The monoisotopic (exact) mass is 284 g/mol. The predicted molar refractivity (Wildman–Crippen MR) is 74.3 cm³/mol. The van der Waals surface area contributed by atoms with Crippen molar-refractivity contribution in [2.45, 2.75) is 32.1 Å². The molecule has 108 valence electrons. The van der Waals surface area contributed by atoms with Crippen LogP contribution in [0.1, 0.15) is 47.4 Å². The van der Waals surface area contributed by atoms with Crippen LogP contribution in [0, 0.1) is 5.92 Å². The number of carbonyl (C=O) groups excluding carboxylic acids is 1. The highest BCUT2D eigenvalue weighted by atomic mass is 16.5. The maximum atomic E-state index is 12.1. The van der Waals surface area contributed by atoms with E-state index in [9.17, 15) is 4.79 Å². The van der Waals surface area contributed by atoms with Gasteiger partial charge in [0.1, 0.15) is 0 Å². The highest BCUT2D eigenvalue weighted by Crippen LogP contribution is 2.55. The molecule has 6 heteroatoms. The van der Waals surface area contributed by atoms with E-state index in [1.165, 1.54) is 6.42 Å². The first-order valence-electron chi connectivity index (χ1n) is 7.35. The van der Waals surface area contributed by atoms with Crippen molar-refractivity contribution in [2.75, 3.05) is 6.61 Å². The highest BCUT2D eigenvalue weighted by molar-refractivity contribution is 5.89. The molecular formula is C15H16N4O2. The fraction of sp³-hybridized carbons (Fsp3) is 0.467. The van der Waals surface area contributed by atoms with Gasteiger partial charge in [0, 0.05) is 23.9 Å². The third-order valence-electron chi connectivity index (χ3n) is 4.30. The van der Waals surface area contributed by atoms with E-state index in [1.54, 1.807) is 30.2 Å². The molecule has 0 spiro atoms. The second-order valence-electron chi connectivity index (χ2n) is 5.55. The highest BCUT2D eigenvalue weighted by Gasteiger charge is 2.47. The summed E-state index contributed by atoms with van der Waals surface area (Å²) in [5.41, 5.74) is 2.62. The van der Waals surface area contributed by atoms with Gasteiger partial charge in [-0.05, 0) is 32.1 Å². The van der Waals surface area contributed by atoms with E-state index >= 15 is 0 Å². The first-order chi connectivity index (χ1) is 10.3. The van der Waals surface area contributed by atoms with E-state index < -0.39 is 0 Å². The fourth-order valence-electron chi connectivity index (χ4n) is 3.26. The second-order valence-corrected chi connectivity index (χ2v) is 5.55. The topological polar surface area (TPSA) is 69.9 Å². The summed E-state index contributed by atoms with van der Waals surface area (Å²) in [5, 5.41) is 4.50. The van der Waals surface area contributed by atoms with Crippen LogP contribution in [0.2, 0.25) is 0 Å².